The van der Waals surface area contributed by atoms with Gasteiger partial charge in [-0.2, -0.15) is 0 Å². The molecule has 0 aromatic carbocycles. The molecule has 0 bridgehead atoms. The number of carbonyl (C=O) groups is 1. The van der Waals surface area contributed by atoms with E-state index in [4.69, 9.17) is 15.8 Å². The van der Waals surface area contributed by atoms with Crippen molar-refractivity contribution in [2.24, 2.45) is 11.3 Å². The highest BCUT2D eigenvalue weighted by atomic mass is 32.2. The van der Waals surface area contributed by atoms with Gasteiger partial charge in [-0.3, -0.25) is 4.79 Å². The fourth-order valence-electron chi connectivity index (χ4n) is 4.87. The molecule has 210 valence electrons. The molecule has 1 amide bonds. The van der Waals surface area contributed by atoms with Gasteiger partial charge in [-0.25, -0.2) is 27.8 Å². The molecule has 0 aliphatic carbocycles. The number of amides is 1. The van der Waals surface area contributed by atoms with Gasteiger partial charge in [-0.05, 0) is 62.8 Å². The summed E-state index contributed by atoms with van der Waals surface area (Å²) in [5.41, 5.74) is 6.65. The van der Waals surface area contributed by atoms with Crippen LogP contribution in [0.4, 0.5) is 17.5 Å². The molecule has 4 N–H and O–H groups in total. The number of nitrogens with one attached hydrogen (secondary N) is 2. The van der Waals surface area contributed by atoms with Crippen LogP contribution in [0, 0.1) is 18.3 Å². The molecular weight excluding hydrogens is 516 g/mol. The van der Waals surface area contributed by atoms with E-state index in [1.165, 1.54) is 18.3 Å². The third-order valence-corrected chi connectivity index (χ3v) is 8.05. The number of aromatic nitrogens is 4. The van der Waals surface area contributed by atoms with Crippen molar-refractivity contribution in [1.82, 2.24) is 24.5 Å². The molecule has 39 heavy (non-hydrogen) atoms. The number of aryl methyl sites for hydroxylation is 1. The van der Waals surface area contributed by atoms with E-state index in [0.29, 0.717) is 24.1 Å². The van der Waals surface area contributed by atoms with Crippen molar-refractivity contribution in [2.45, 2.75) is 65.3 Å². The van der Waals surface area contributed by atoms with Gasteiger partial charge in [-0.15, -0.1) is 5.10 Å². The molecule has 0 radical (unpaired) electrons. The third-order valence-electron chi connectivity index (χ3n) is 6.67. The Morgan fingerprint density at radius 3 is 2.56 bits per heavy atom. The number of hydrogen-bond donors (Lipinski definition) is 3. The molecule has 4 rings (SSSR count). The first-order valence-corrected chi connectivity index (χ1v) is 14.4. The first-order chi connectivity index (χ1) is 18.1. The lowest BCUT2D eigenvalue weighted by Gasteiger charge is -2.34. The Labute approximate surface area is 230 Å². The second-order valence-electron chi connectivity index (χ2n) is 12.1. The van der Waals surface area contributed by atoms with Gasteiger partial charge < -0.3 is 16.0 Å². The second kappa shape index (κ2) is 10.1. The Morgan fingerprint density at radius 2 is 1.95 bits per heavy atom. The van der Waals surface area contributed by atoms with Crippen molar-refractivity contribution in [1.29, 1.82) is 0 Å². The monoisotopic (exact) mass is 554 g/mol. The molecule has 1 fully saturated rings. The summed E-state index contributed by atoms with van der Waals surface area (Å²) in [6.07, 6.45) is 4.16. The first-order valence-electron chi connectivity index (χ1n) is 12.9. The molecule has 0 unspecified atom stereocenters. The van der Waals surface area contributed by atoms with Crippen LogP contribution >= 0.6 is 0 Å². The summed E-state index contributed by atoms with van der Waals surface area (Å²) in [4.78, 5) is 23.9. The van der Waals surface area contributed by atoms with Crippen LogP contribution in [0.1, 0.15) is 63.9 Å². The summed E-state index contributed by atoms with van der Waals surface area (Å²) in [7, 11) is -4.26. The number of pyridine rings is 2. The van der Waals surface area contributed by atoms with Gasteiger partial charge in [0.25, 0.3) is 15.9 Å². The quantitative estimate of drug-likeness (QED) is 0.397. The van der Waals surface area contributed by atoms with Gasteiger partial charge in [0.1, 0.15) is 16.5 Å². The maximum atomic E-state index is 13.4. The summed E-state index contributed by atoms with van der Waals surface area (Å²) in [6, 6.07) is 6.00. The lowest BCUT2D eigenvalue weighted by Crippen LogP contribution is -2.41. The number of hydrogen-bond acceptors (Lipinski definition) is 9. The van der Waals surface area contributed by atoms with Gasteiger partial charge in [0.2, 0.25) is 0 Å². The lowest BCUT2D eigenvalue weighted by molar-refractivity contribution is 0.0981. The minimum absolute atomic E-state index is 0.0789. The Balaban J connectivity index is 1.74. The minimum atomic E-state index is -4.26. The van der Waals surface area contributed by atoms with Gasteiger partial charge in [0.15, 0.2) is 11.6 Å². The number of nitrogen functional groups attached to an aromatic ring is 1. The average Bonchev–Trinajstić information content (AvgIpc) is 3.33. The van der Waals surface area contributed by atoms with Crippen LogP contribution in [0.5, 0.6) is 0 Å². The molecule has 1 aliphatic rings. The Hall–Kier alpha value is -3.67. The number of rotatable bonds is 7. The molecule has 1 saturated heterocycles. The number of carbonyl (C=O) groups excluding carboxylic acids is 1. The van der Waals surface area contributed by atoms with Crippen LogP contribution in [-0.2, 0) is 10.0 Å². The molecule has 0 saturated carbocycles. The van der Waals surface area contributed by atoms with Crippen molar-refractivity contribution in [3.63, 3.8) is 0 Å². The summed E-state index contributed by atoms with van der Waals surface area (Å²) < 4.78 is 29.8. The van der Waals surface area contributed by atoms with Crippen molar-refractivity contribution in [2.75, 3.05) is 29.0 Å². The molecule has 12 heteroatoms. The van der Waals surface area contributed by atoms with Crippen molar-refractivity contribution in [3.8, 4) is 5.82 Å². The van der Waals surface area contributed by atoms with Crippen molar-refractivity contribution < 1.29 is 13.2 Å². The predicted molar refractivity (Wildman–Crippen MR) is 153 cm³/mol. The van der Waals surface area contributed by atoms with Gasteiger partial charge in [-0.1, -0.05) is 27.7 Å². The molecule has 4 heterocycles. The zero-order chi connectivity index (χ0) is 28.8. The lowest BCUT2D eigenvalue weighted by atomic mass is 9.97. The fourth-order valence-corrected chi connectivity index (χ4v) is 5.92. The SMILES string of the molecule is Cc1cn(-c2ccc(C(=O)NS(=O)(=O)c3cccnc3N)c(N3C[C@@H](C)CC3(C)C)n2)nc1NCC(C)(C)C. The Morgan fingerprint density at radius 1 is 1.23 bits per heavy atom. The topological polar surface area (TPSA) is 148 Å². The zero-order valence-corrected chi connectivity index (χ0v) is 24.4. The van der Waals surface area contributed by atoms with E-state index in [0.717, 1.165) is 24.3 Å². The molecule has 11 nitrogen and oxygen atoms in total. The number of nitrogens with zero attached hydrogens (tertiary/aromatic N) is 5. The zero-order valence-electron chi connectivity index (χ0n) is 23.6. The summed E-state index contributed by atoms with van der Waals surface area (Å²) in [6.45, 7) is 16.1. The van der Waals surface area contributed by atoms with Gasteiger partial charge in [0.05, 0.1) is 5.56 Å². The normalized spacial score (nSPS) is 17.3. The minimum Gasteiger partial charge on any atom is -0.383 e. The number of sulfonamides is 1. The van der Waals surface area contributed by atoms with Crippen molar-refractivity contribution >= 4 is 33.4 Å². The Bertz CT molecular complexity index is 1490. The second-order valence-corrected chi connectivity index (χ2v) is 13.8. The molecule has 3 aromatic rings. The third kappa shape index (κ3) is 6.16. The highest BCUT2D eigenvalue weighted by Gasteiger charge is 2.39. The molecular formula is C27H38N8O3S. The van der Waals surface area contributed by atoms with E-state index in [1.807, 2.05) is 13.1 Å². The van der Waals surface area contributed by atoms with Crippen LogP contribution in [0.15, 0.2) is 41.6 Å². The van der Waals surface area contributed by atoms with E-state index >= 15 is 0 Å². The van der Waals surface area contributed by atoms with Crippen LogP contribution in [0.2, 0.25) is 0 Å². The van der Waals surface area contributed by atoms with Crippen molar-refractivity contribution in [3.05, 3.63) is 47.8 Å². The summed E-state index contributed by atoms with van der Waals surface area (Å²) in [5, 5.41) is 8.08. The van der Waals surface area contributed by atoms with Crippen LogP contribution < -0.4 is 20.7 Å². The molecule has 0 spiro atoms. The van der Waals surface area contributed by atoms with Crippen LogP contribution in [0.3, 0.4) is 0 Å². The Kier molecular flexibility index (Phi) is 7.37. The molecule has 1 aliphatic heterocycles. The van der Waals surface area contributed by atoms with Gasteiger partial charge >= 0.3 is 0 Å². The highest BCUT2D eigenvalue weighted by molar-refractivity contribution is 7.90. The molecule has 1 atom stereocenters. The maximum Gasteiger partial charge on any atom is 0.268 e. The van der Waals surface area contributed by atoms with E-state index in [2.05, 4.69) is 61.5 Å². The van der Waals surface area contributed by atoms with E-state index in [9.17, 15) is 13.2 Å². The average molecular weight is 555 g/mol. The number of nitrogens with two attached hydrogens (primary N) is 1. The van der Waals surface area contributed by atoms with E-state index in [-0.39, 0.29) is 27.2 Å². The summed E-state index contributed by atoms with van der Waals surface area (Å²) in [5.74, 6) is 1.04. The largest absolute Gasteiger partial charge is 0.383 e. The van der Waals surface area contributed by atoms with Crippen LogP contribution in [-0.4, -0.2) is 52.7 Å². The maximum absolute atomic E-state index is 13.4. The smallest absolute Gasteiger partial charge is 0.268 e. The fraction of sp³-hybridized carbons (Fsp3) is 0.481. The standard InChI is InChI=1S/C27H38N8O3S/c1-17-13-27(6,7)34(14-17)24-19(25(36)33-39(37,38)20-9-8-12-29-22(20)28)10-11-21(31-24)35-15-18(2)23(32-35)30-16-26(3,4)5/h8-12,15,17H,13-14,16H2,1-7H3,(H2,28,29)(H,30,32)(H,33,36)/t17-/m0/s1. The van der Waals surface area contributed by atoms with Crippen LogP contribution in [0.25, 0.3) is 5.82 Å². The number of anilines is 3. The van der Waals surface area contributed by atoms with Gasteiger partial charge in [0, 0.05) is 36.6 Å². The van der Waals surface area contributed by atoms with E-state index in [1.54, 1.807) is 16.8 Å². The highest BCUT2D eigenvalue weighted by Crippen LogP contribution is 2.38. The first kappa shape index (κ1) is 28.3. The molecule has 3 aromatic heterocycles. The predicted octanol–water partition coefficient (Wildman–Crippen LogP) is 3.75. The van der Waals surface area contributed by atoms with E-state index < -0.39 is 15.9 Å². The summed E-state index contributed by atoms with van der Waals surface area (Å²) >= 11 is 0.